The number of aliphatic hydroxyl groups is 1. The molecule has 1 atom stereocenters. The average molecular weight is 232 g/mol. The Kier molecular flexibility index (Phi) is 4.49. The molecule has 1 aromatic carbocycles. The second-order valence-corrected chi connectivity index (χ2v) is 3.28. The van der Waals surface area contributed by atoms with Crippen LogP contribution in [0.2, 0.25) is 0 Å². The smallest absolute Gasteiger partial charge is 0.272 e. The standard InChI is InChI=1S/C11H14F2O3/c1-7(14)9-4-3-8(15-2)5-10(9)16-6-11(12)13/h3-5,7,11,14H,6H2,1-2H3/t7-/m1/s1. The fraction of sp³-hybridized carbons (Fsp3) is 0.455. The van der Waals surface area contributed by atoms with E-state index in [0.29, 0.717) is 11.3 Å². The summed E-state index contributed by atoms with van der Waals surface area (Å²) >= 11 is 0. The van der Waals surface area contributed by atoms with Crippen LogP contribution in [0.4, 0.5) is 8.78 Å². The molecule has 0 aliphatic heterocycles. The third kappa shape index (κ3) is 3.34. The molecule has 0 amide bonds. The summed E-state index contributed by atoms with van der Waals surface area (Å²) in [6, 6.07) is 4.70. The van der Waals surface area contributed by atoms with E-state index in [1.165, 1.54) is 20.1 Å². The molecule has 90 valence electrons. The normalized spacial score (nSPS) is 12.6. The molecule has 0 saturated heterocycles. The van der Waals surface area contributed by atoms with Crippen LogP contribution in [0.1, 0.15) is 18.6 Å². The molecule has 0 radical (unpaired) electrons. The maximum Gasteiger partial charge on any atom is 0.272 e. The minimum atomic E-state index is -2.55. The molecule has 0 spiro atoms. The number of ether oxygens (including phenoxy) is 2. The third-order valence-corrected chi connectivity index (χ3v) is 2.04. The summed E-state index contributed by atoms with van der Waals surface area (Å²) in [4.78, 5) is 0. The van der Waals surface area contributed by atoms with Gasteiger partial charge in [-0.05, 0) is 19.1 Å². The number of methoxy groups -OCH3 is 1. The van der Waals surface area contributed by atoms with E-state index in [0.717, 1.165) is 0 Å². The van der Waals surface area contributed by atoms with Crippen molar-refractivity contribution in [2.24, 2.45) is 0 Å². The molecule has 1 aromatic rings. The predicted molar refractivity (Wildman–Crippen MR) is 55.1 cm³/mol. The van der Waals surface area contributed by atoms with Gasteiger partial charge in [0.1, 0.15) is 18.1 Å². The molecule has 0 saturated carbocycles. The highest BCUT2D eigenvalue weighted by Crippen LogP contribution is 2.29. The summed E-state index contributed by atoms with van der Waals surface area (Å²) in [6.07, 6.45) is -3.33. The van der Waals surface area contributed by atoms with Crippen LogP contribution in [0.25, 0.3) is 0 Å². The first-order valence-electron chi connectivity index (χ1n) is 4.81. The quantitative estimate of drug-likeness (QED) is 0.847. The first-order valence-corrected chi connectivity index (χ1v) is 4.81. The lowest BCUT2D eigenvalue weighted by atomic mass is 10.1. The minimum Gasteiger partial charge on any atom is -0.497 e. The Hall–Kier alpha value is -1.36. The van der Waals surface area contributed by atoms with Crippen molar-refractivity contribution in [1.82, 2.24) is 0 Å². The molecule has 0 unspecified atom stereocenters. The Bertz CT molecular complexity index is 340. The van der Waals surface area contributed by atoms with E-state index in [1.54, 1.807) is 12.1 Å². The predicted octanol–water partition coefficient (Wildman–Crippen LogP) is 2.39. The number of hydrogen-bond donors (Lipinski definition) is 1. The second kappa shape index (κ2) is 5.65. The molecule has 3 nitrogen and oxygen atoms in total. The summed E-state index contributed by atoms with van der Waals surface area (Å²) in [5.41, 5.74) is 0.460. The van der Waals surface area contributed by atoms with Gasteiger partial charge in [-0.1, -0.05) is 0 Å². The van der Waals surface area contributed by atoms with E-state index in [9.17, 15) is 13.9 Å². The van der Waals surface area contributed by atoms with Gasteiger partial charge in [0.05, 0.1) is 13.2 Å². The van der Waals surface area contributed by atoms with Gasteiger partial charge in [-0.3, -0.25) is 0 Å². The van der Waals surface area contributed by atoms with Crippen molar-refractivity contribution in [3.63, 3.8) is 0 Å². The van der Waals surface area contributed by atoms with Gasteiger partial charge in [0, 0.05) is 11.6 Å². The largest absolute Gasteiger partial charge is 0.497 e. The number of benzene rings is 1. The highest BCUT2D eigenvalue weighted by atomic mass is 19.3. The number of hydrogen-bond acceptors (Lipinski definition) is 3. The van der Waals surface area contributed by atoms with Crippen LogP contribution in [0, 0.1) is 0 Å². The van der Waals surface area contributed by atoms with Gasteiger partial charge in [0.25, 0.3) is 6.43 Å². The van der Waals surface area contributed by atoms with Crippen molar-refractivity contribution in [3.8, 4) is 11.5 Å². The van der Waals surface area contributed by atoms with Gasteiger partial charge in [-0.25, -0.2) is 8.78 Å². The van der Waals surface area contributed by atoms with Crippen LogP contribution >= 0.6 is 0 Å². The van der Waals surface area contributed by atoms with E-state index in [-0.39, 0.29) is 5.75 Å². The molecule has 0 aliphatic rings. The summed E-state index contributed by atoms with van der Waals surface area (Å²) in [5, 5.41) is 9.43. The summed E-state index contributed by atoms with van der Waals surface area (Å²) in [7, 11) is 1.47. The lowest BCUT2D eigenvalue weighted by Crippen LogP contribution is -2.09. The molecule has 0 bridgehead atoms. The molecule has 0 heterocycles. The summed E-state index contributed by atoms with van der Waals surface area (Å²) < 4.78 is 33.9. The van der Waals surface area contributed by atoms with Gasteiger partial charge in [-0.15, -0.1) is 0 Å². The van der Waals surface area contributed by atoms with Crippen LogP contribution in [0.15, 0.2) is 18.2 Å². The number of alkyl halides is 2. The molecule has 16 heavy (non-hydrogen) atoms. The highest BCUT2D eigenvalue weighted by molar-refractivity contribution is 5.41. The first-order chi connectivity index (χ1) is 7.54. The zero-order chi connectivity index (χ0) is 12.1. The Labute approximate surface area is 92.6 Å². The Balaban J connectivity index is 2.91. The van der Waals surface area contributed by atoms with Gasteiger partial charge in [0.15, 0.2) is 0 Å². The zero-order valence-corrected chi connectivity index (χ0v) is 9.11. The Morgan fingerprint density at radius 1 is 1.38 bits per heavy atom. The Morgan fingerprint density at radius 3 is 2.56 bits per heavy atom. The van der Waals surface area contributed by atoms with Crippen molar-refractivity contribution >= 4 is 0 Å². The van der Waals surface area contributed by atoms with E-state index >= 15 is 0 Å². The van der Waals surface area contributed by atoms with Crippen LogP contribution < -0.4 is 9.47 Å². The molecule has 1 N–H and O–H groups in total. The van der Waals surface area contributed by atoms with Crippen LogP contribution in [0.3, 0.4) is 0 Å². The second-order valence-electron chi connectivity index (χ2n) is 3.28. The molecule has 0 aliphatic carbocycles. The van der Waals surface area contributed by atoms with Gasteiger partial charge in [0.2, 0.25) is 0 Å². The van der Waals surface area contributed by atoms with Gasteiger partial charge >= 0.3 is 0 Å². The monoisotopic (exact) mass is 232 g/mol. The van der Waals surface area contributed by atoms with Crippen molar-refractivity contribution in [1.29, 1.82) is 0 Å². The summed E-state index contributed by atoms with van der Waals surface area (Å²) in [6.45, 7) is 0.837. The van der Waals surface area contributed by atoms with E-state index in [2.05, 4.69) is 0 Å². The third-order valence-electron chi connectivity index (χ3n) is 2.04. The van der Waals surface area contributed by atoms with Crippen LogP contribution in [-0.4, -0.2) is 25.2 Å². The average Bonchev–Trinajstić information content (AvgIpc) is 2.25. The van der Waals surface area contributed by atoms with E-state index in [1.807, 2.05) is 0 Å². The molecule has 5 heteroatoms. The fourth-order valence-corrected chi connectivity index (χ4v) is 1.26. The number of rotatable bonds is 5. The topological polar surface area (TPSA) is 38.7 Å². The van der Waals surface area contributed by atoms with Crippen molar-refractivity contribution in [2.45, 2.75) is 19.5 Å². The zero-order valence-electron chi connectivity index (χ0n) is 9.11. The van der Waals surface area contributed by atoms with Crippen LogP contribution in [-0.2, 0) is 0 Å². The Morgan fingerprint density at radius 2 is 2.06 bits per heavy atom. The maximum absolute atomic E-state index is 12.0. The SMILES string of the molecule is COc1ccc([C@@H](C)O)c(OCC(F)F)c1. The number of aliphatic hydroxyl groups excluding tert-OH is 1. The van der Waals surface area contributed by atoms with Crippen LogP contribution in [0.5, 0.6) is 11.5 Å². The van der Waals surface area contributed by atoms with E-state index < -0.39 is 19.1 Å². The van der Waals surface area contributed by atoms with Gasteiger partial charge in [-0.2, -0.15) is 0 Å². The molecular formula is C11H14F2O3. The molecular weight excluding hydrogens is 218 g/mol. The van der Waals surface area contributed by atoms with Crippen molar-refractivity contribution in [2.75, 3.05) is 13.7 Å². The van der Waals surface area contributed by atoms with E-state index in [4.69, 9.17) is 9.47 Å². The highest BCUT2D eigenvalue weighted by Gasteiger charge is 2.12. The van der Waals surface area contributed by atoms with Crippen molar-refractivity contribution < 1.29 is 23.4 Å². The lowest BCUT2D eigenvalue weighted by molar-refractivity contribution is 0.0793. The number of halogens is 2. The molecule has 0 fully saturated rings. The molecule has 1 rings (SSSR count). The van der Waals surface area contributed by atoms with Crippen molar-refractivity contribution in [3.05, 3.63) is 23.8 Å². The summed E-state index contributed by atoms with van der Waals surface area (Å²) in [5.74, 6) is 0.711. The minimum absolute atomic E-state index is 0.217. The first kappa shape index (κ1) is 12.7. The fourth-order valence-electron chi connectivity index (χ4n) is 1.26. The lowest BCUT2D eigenvalue weighted by Gasteiger charge is -2.14. The maximum atomic E-state index is 12.0. The molecule has 0 aromatic heterocycles. The van der Waals surface area contributed by atoms with Gasteiger partial charge < -0.3 is 14.6 Å².